The predicted molar refractivity (Wildman–Crippen MR) is 75.1 cm³/mol. The first-order valence-corrected chi connectivity index (χ1v) is 7.14. The van der Waals surface area contributed by atoms with Crippen molar-refractivity contribution in [2.75, 3.05) is 20.2 Å². The fraction of sp³-hybridized carbons (Fsp3) is 0.500. The number of amides is 1. The highest BCUT2D eigenvalue weighted by molar-refractivity contribution is 9.10. The summed E-state index contributed by atoms with van der Waals surface area (Å²) >= 11 is 3.41. The Kier molecular flexibility index (Phi) is 4.64. The first kappa shape index (κ1) is 13.4. The average Bonchev–Trinajstić information content (AvgIpc) is 2.66. The van der Waals surface area contributed by atoms with Gasteiger partial charge in [0.1, 0.15) is 5.75 Å². The van der Waals surface area contributed by atoms with Gasteiger partial charge in [0.05, 0.1) is 12.7 Å². The van der Waals surface area contributed by atoms with E-state index >= 15 is 0 Å². The van der Waals surface area contributed by atoms with Crippen molar-refractivity contribution in [3.05, 3.63) is 28.2 Å². The summed E-state index contributed by atoms with van der Waals surface area (Å²) in [6, 6.07) is 5.55. The van der Waals surface area contributed by atoms with Crippen molar-refractivity contribution in [3.8, 4) is 5.75 Å². The van der Waals surface area contributed by atoms with Crippen molar-refractivity contribution in [1.29, 1.82) is 0 Å². The van der Waals surface area contributed by atoms with Crippen LogP contribution < -0.4 is 4.74 Å². The van der Waals surface area contributed by atoms with Crippen LogP contribution in [0, 0.1) is 0 Å². The van der Waals surface area contributed by atoms with Crippen LogP contribution in [0.1, 0.15) is 36.0 Å². The molecule has 0 aromatic heterocycles. The Balaban J connectivity index is 2.23. The minimum Gasteiger partial charge on any atom is -0.496 e. The van der Waals surface area contributed by atoms with Gasteiger partial charge in [-0.1, -0.05) is 28.8 Å². The molecule has 0 radical (unpaired) electrons. The molecule has 0 atom stereocenters. The second-order valence-electron chi connectivity index (χ2n) is 4.55. The minimum absolute atomic E-state index is 0.0788. The van der Waals surface area contributed by atoms with Gasteiger partial charge < -0.3 is 9.64 Å². The van der Waals surface area contributed by atoms with Gasteiger partial charge in [0, 0.05) is 17.6 Å². The Hall–Kier alpha value is -1.03. The smallest absolute Gasteiger partial charge is 0.257 e. The molecule has 1 saturated heterocycles. The highest BCUT2D eigenvalue weighted by Gasteiger charge is 2.20. The molecule has 1 aliphatic heterocycles. The summed E-state index contributed by atoms with van der Waals surface area (Å²) in [5.74, 6) is 0.725. The van der Waals surface area contributed by atoms with Crippen LogP contribution in [0.3, 0.4) is 0 Å². The standard InChI is InChI=1S/C14H18BrNO2/c1-18-13-7-6-11(15)10-12(13)14(17)16-8-4-2-3-5-9-16/h6-7,10H,2-5,8-9H2,1H3. The van der Waals surface area contributed by atoms with Crippen molar-refractivity contribution in [2.24, 2.45) is 0 Å². The van der Waals surface area contributed by atoms with Crippen LogP contribution in [0.2, 0.25) is 0 Å². The molecule has 3 nitrogen and oxygen atoms in total. The molecule has 0 N–H and O–H groups in total. The summed E-state index contributed by atoms with van der Waals surface area (Å²) in [4.78, 5) is 14.5. The maximum Gasteiger partial charge on any atom is 0.257 e. The molecule has 1 fully saturated rings. The van der Waals surface area contributed by atoms with Gasteiger partial charge in [-0.05, 0) is 31.0 Å². The van der Waals surface area contributed by atoms with Crippen LogP contribution in [-0.2, 0) is 0 Å². The minimum atomic E-state index is 0.0788. The monoisotopic (exact) mass is 311 g/mol. The predicted octanol–water partition coefficient (Wildman–Crippen LogP) is 3.47. The first-order chi connectivity index (χ1) is 8.72. The van der Waals surface area contributed by atoms with Gasteiger partial charge in [-0.2, -0.15) is 0 Å². The van der Waals surface area contributed by atoms with Crippen LogP contribution in [0.4, 0.5) is 0 Å². The fourth-order valence-corrected chi connectivity index (χ4v) is 2.65. The lowest BCUT2D eigenvalue weighted by atomic mass is 10.1. The summed E-state index contributed by atoms with van der Waals surface area (Å²) in [6.45, 7) is 1.71. The van der Waals surface area contributed by atoms with E-state index in [1.807, 2.05) is 23.1 Å². The number of nitrogens with zero attached hydrogens (tertiary/aromatic N) is 1. The Bertz CT molecular complexity index is 426. The van der Waals surface area contributed by atoms with E-state index in [1.165, 1.54) is 12.8 Å². The normalized spacial score (nSPS) is 16.2. The van der Waals surface area contributed by atoms with E-state index in [1.54, 1.807) is 7.11 Å². The fourth-order valence-electron chi connectivity index (χ4n) is 2.29. The van der Waals surface area contributed by atoms with E-state index in [4.69, 9.17) is 4.74 Å². The number of carbonyl (C=O) groups is 1. The molecule has 18 heavy (non-hydrogen) atoms. The lowest BCUT2D eigenvalue weighted by molar-refractivity contribution is 0.0758. The third-order valence-corrected chi connectivity index (χ3v) is 3.78. The molecule has 1 aromatic rings. The summed E-state index contributed by atoms with van der Waals surface area (Å²) in [7, 11) is 1.60. The Morgan fingerprint density at radius 1 is 1.22 bits per heavy atom. The molecule has 0 aliphatic carbocycles. The van der Waals surface area contributed by atoms with Crippen LogP contribution in [0.25, 0.3) is 0 Å². The summed E-state index contributed by atoms with van der Waals surface area (Å²) in [5.41, 5.74) is 0.647. The van der Waals surface area contributed by atoms with Gasteiger partial charge in [-0.15, -0.1) is 0 Å². The zero-order chi connectivity index (χ0) is 13.0. The van der Waals surface area contributed by atoms with Crippen molar-refractivity contribution in [3.63, 3.8) is 0 Å². The maximum atomic E-state index is 12.5. The van der Waals surface area contributed by atoms with E-state index in [9.17, 15) is 4.79 Å². The highest BCUT2D eigenvalue weighted by atomic mass is 79.9. The van der Waals surface area contributed by atoms with E-state index in [0.29, 0.717) is 11.3 Å². The van der Waals surface area contributed by atoms with Crippen LogP contribution in [0.15, 0.2) is 22.7 Å². The lowest BCUT2D eigenvalue weighted by Crippen LogP contribution is -2.32. The largest absolute Gasteiger partial charge is 0.496 e. The quantitative estimate of drug-likeness (QED) is 0.837. The molecule has 2 rings (SSSR count). The average molecular weight is 312 g/mol. The SMILES string of the molecule is COc1ccc(Br)cc1C(=O)N1CCCCCC1. The molecule has 1 aromatic carbocycles. The third kappa shape index (κ3) is 3.05. The van der Waals surface area contributed by atoms with Crippen LogP contribution in [0.5, 0.6) is 5.75 Å². The maximum absolute atomic E-state index is 12.5. The van der Waals surface area contributed by atoms with E-state index in [0.717, 1.165) is 30.4 Å². The van der Waals surface area contributed by atoms with E-state index in [2.05, 4.69) is 15.9 Å². The molecule has 0 bridgehead atoms. The summed E-state index contributed by atoms with van der Waals surface area (Å²) in [6.07, 6.45) is 4.64. The second-order valence-corrected chi connectivity index (χ2v) is 5.47. The number of hydrogen-bond donors (Lipinski definition) is 0. The topological polar surface area (TPSA) is 29.5 Å². The van der Waals surface area contributed by atoms with Crippen LogP contribution in [-0.4, -0.2) is 31.0 Å². The second kappa shape index (κ2) is 6.23. The number of halogens is 1. The highest BCUT2D eigenvalue weighted by Crippen LogP contribution is 2.25. The molecular weight excluding hydrogens is 294 g/mol. The van der Waals surface area contributed by atoms with Crippen molar-refractivity contribution in [2.45, 2.75) is 25.7 Å². The van der Waals surface area contributed by atoms with Gasteiger partial charge in [-0.25, -0.2) is 0 Å². The number of rotatable bonds is 2. The third-order valence-electron chi connectivity index (χ3n) is 3.29. The number of carbonyl (C=O) groups excluding carboxylic acids is 1. The number of likely N-dealkylation sites (tertiary alicyclic amines) is 1. The first-order valence-electron chi connectivity index (χ1n) is 6.35. The Morgan fingerprint density at radius 3 is 2.50 bits per heavy atom. The van der Waals surface area contributed by atoms with Gasteiger partial charge in [-0.3, -0.25) is 4.79 Å². The molecule has 1 aliphatic rings. The lowest BCUT2D eigenvalue weighted by Gasteiger charge is -2.21. The zero-order valence-electron chi connectivity index (χ0n) is 10.6. The molecule has 98 valence electrons. The van der Waals surface area contributed by atoms with Gasteiger partial charge in [0.25, 0.3) is 5.91 Å². The summed E-state index contributed by atoms with van der Waals surface area (Å²) < 4.78 is 6.18. The van der Waals surface area contributed by atoms with E-state index in [-0.39, 0.29) is 5.91 Å². The molecule has 1 amide bonds. The summed E-state index contributed by atoms with van der Waals surface area (Å²) in [5, 5.41) is 0. The number of hydrogen-bond acceptors (Lipinski definition) is 2. The molecule has 0 spiro atoms. The van der Waals surface area contributed by atoms with Crippen LogP contribution >= 0.6 is 15.9 Å². The molecule has 0 saturated carbocycles. The zero-order valence-corrected chi connectivity index (χ0v) is 12.2. The Labute approximate surface area is 116 Å². The molecule has 4 heteroatoms. The molecule has 0 unspecified atom stereocenters. The number of ether oxygens (including phenoxy) is 1. The number of benzene rings is 1. The van der Waals surface area contributed by atoms with Gasteiger partial charge in [0.2, 0.25) is 0 Å². The van der Waals surface area contributed by atoms with Gasteiger partial charge >= 0.3 is 0 Å². The molecular formula is C14H18BrNO2. The van der Waals surface area contributed by atoms with E-state index < -0.39 is 0 Å². The van der Waals surface area contributed by atoms with Crippen molar-refractivity contribution < 1.29 is 9.53 Å². The Morgan fingerprint density at radius 2 is 1.89 bits per heavy atom. The number of methoxy groups -OCH3 is 1. The van der Waals surface area contributed by atoms with Crippen molar-refractivity contribution >= 4 is 21.8 Å². The molecule has 1 heterocycles. The van der Waals surface area contributed by atoms with Crippen molar-refractivity contribution in [1.82, 2.24) is 4.90 Å². The van der Waals surface area contributed by atoms with Gasteiger partial charge in [0.15, 0.2) is 0 Å².